The first kappa shape index (κ1) is 14.5. The molecule has 2 nitrogen and oxygen atoms in total. The Hall–Kier alpha value is -0.930. The van der Waals surface area contributed by atoms with Crippen molar-refractivity contribution in [2.24, 2.45) is 0 Å². The fraction of sp³-hybridized carbons (Fsp3) is 0.625. The summed E-state index contributed by atoms with van der Waals surface area (Å²) in [5.41, 5.74) is 0.343. The van der Waals surface area contributed by atoms with Gasteiger partial charge in [-0.25, -0.2) is 4.39 Å². The van der Waals surface area contributed by atoms with Gasteiger partial charge in [-0.15, -0.1) is 0 Å². The molecule has 0 amide bonds. The van der Waals surface area contributed by atoms with E-state index in [1.54, 1.807) is 12.1 Å². The first-order chi connectivity index (χ1) is 9.09. The molecule has 2 rings (SSSR count). The lowest BCUT2D eigenvalue weighted by atomic mass is 9.94. The number of hydrogen-bond acceptors (Lipinski definition) is 2. The molecule has 1 aliphatic carbocycles. The van der Waals surface area contributed by atoms with Gasteiger partial charge in [-0.2, -0.15) is 0 Å². The van der Waals surface area contributed by atoms with Gasteiger partial charge in [-0.3, -0.25) is 0 Å². The van der Waals surface area contributed by atoms with Crippen LogP contribution < -0.4 is 5.32 Å². The molecule has 106 valence electrons. The Bertz CT molecular complexity index is 399. The van der Waals surface area contributed by atoms with E-state index in [1.807, 2.05) is 13.0 Å². The van der Waals surface area contributed by atoms with Crippen molar-refractivity contribution < 1.29 is 9.50 Å². The van der Waals surface area contributed by atoms with Crippen molar-refractivity contribution >= 4 is 0 Å². The lowest BCUT2D eigenvalue weighted by molar-refractivity contribution is 0.0231. The average Bonchev–Trinajstić information content (AvgIpc) is 2.61. The summed E-state index contributed by atoms with van der Waals surface area (Å²) in [5.74, 6) is -0.209. The maximum absolute atomic E-state index is 13.2. The highest BCUT2D eigenvalue weighted by atomic mass is 19.1. The van der Waals surface area contributed by atoms with Crippen LogP contribution in [0.1, 0.15) is 57.1 Å². The van der Waals surface area contributed by atoms with Crippen molar-refractivity contribution in [3.05, 3.63) is 35.6 Å². The SMILES string of the molecule is C[C@H](NCC1(O)CCCCCC1)c1cccc(F)c1. The van der Waals surface area contributed by atoms with Gasteiger partial charge in [-0.1, -0.05) is 37.8 Å². The maximum Gasteiger partial charge on any atom is 0.123 e. The van der Waals surface area contributed by atoms with Gasteiger partial charge in [0.15, 0.2) is 0 Å². The third kappa shape index (κ3) is 4.29. The first-order valence-corrected chi connectivity index (χ1v) is 7.30. The third-order valence-electron chi connectivity index (χ3n) is 4.12. The quantitative estimate of drug-likeness (QED) is 0.816. The highest BCUT2D eigenvalue weighted by Gasteiger charge is 2.28. The zero-order chi connectivity index (χ0) is 13.7. The van der Waals surface area contributed by atoms with E-state index in [2.05, 4.69) is 5.32 Å². The molecule has 1 aliphatic rings. The van der Waals surface area contributed by atoms with Crippen LogP contribution in [0.5, 0.6) is 0 Å². The Morgan fingerprint density at radius 2 is 1.95 bits per heavy atom. The molecule has 0 saturated heterocycles. The summed E-state index contributed by atoms with van der Waals surface area (Å²) >= 11 is 0. The number of benzene rings is 1. The standard InChI is InChI=1S/C16H24FNO/c1-13(14-7-6-8-15(17)11-14)18-12-16(19)9-4-2-3-5-10-16/h6-8,11,13,18-19H,2-5,9-10,12H2,1H3/t13-/m0/s1. The minimum absolute atomic E-state index is 0.0583. The molecule has 1 aromatic rings. The highest BCUT2D eigenvalue weighted by molar-refractivity contribution is 5.19. The lowest BCUT2D eigenvalue weighted by Gasteiger charge is -2.29. The molecule has 3 heteroatoms. The highest BCUT2D eigenvalue weighted by Crippen LogP contribution is 2.27. The zero-order valence-electron chi connectivity index (χ0n) is 11.7. The van der Waals surface area contributed by atoms with E-state index in [0.717, 1.165) is 31.2 Å². The number of rotatable bonds is 4. The van der Waals surface area contributed by atoms with E-state index in [9.17, 15) is 9.50 Å². The molecule has 1 atom stereocenters. The van der Waals surface area contributed by atoms with Crippen LogP contribution in [0.3, 0.4) is 0 Å². The number of hydrogen-bond donors (Lipinski definition) is 2. The van der Waals surface area contributed by atoms with Crippen LogP contribution >= 0.6 is 0 Å². The van der Waals surface area contributed by atoms with E-state index >= 15 is 0 Å². The minimum atomic E-state index is -0.585. The molecule has 2 N–H and O–H groups in total. The van der Waals surface area contributed by atoms with Crippen molar-refractivity contribution in [3.8, 4) is 0 Å². The van der Waals surface area contributed by atoms with Gasteiger partial charge in [-0.05, 0) is 37.5 Å². The Kier molecular flexibility index (Phi) is 4.94. The summed E-state index contributed by atoms with van der Waals surface area (Å²) in [6, 6.07) is 6.70. The summed E-state index contributed by atoms with van der Waals surface area (Å²) in [6.07, 6.45) is 6.40. The topological polar surface area (TPSA) is 32.3 Å². The second kappa shape index (κ2) is 6.49. The third-order valence-corrected chi connectivity index (χ3v) is 4.12. The van der Waals surface area contributed by atoms with Crippen LogP contribution in [0, 0.1) is 5.82 Å². The molecule has 1 aromatic carbocycles. The average molecular weight is 265 g/mol. The summed E-state index contributed by atoms with van der Waals surface area (Å²) in [4.78, 5) is 0. The van der Waals surface area contributed by atoms with Crippen LogP contribution in [0.15, 0.2) is 24.3 Å². The predicted octanol–water partition coefficient (Wildman–Crippen LogP) is 3.56. The van der Waals surface area contributed by atoms with Crippen LogP contribution in [-0.2, 0) is 0 Å². The number of aliphatic hydroxyl groups is 1. The minimum Gasteiger partial charge on any atom is -0.389 e. The normalized spacial score (nSPS) is 20.8. The van der Waals surface area contributed by atoms with Gasteiger partial charge in [0, 0.05) is 12.6 Å². The summed E-state index contributed by atoms with van der Waals surface area (Å²) < 4.78 is 13.2. The van der Waals surface area contributed by atoms with Crippen molar-refractivity contribution in [2.45, 2.75) is 57.1 Å². The molecule has 0 spiro atoms. The second-order valence-electron chi connectivity index (χ2n) is 5.80. The Morgan fingerprint density at radius 1 is 1.26 bits per heavy atom. The first-order valence-electron chi connectivity index (χ1n) is 7.30. The van der Waals surface area contributed by atoms with Crippen LogP contribution in [0.2, 0.25) is 0 Å². The van der Waals surface area contributed by atoms with Crippen LogP contribution in [0.4, 0.5) is 4.39 Å². The van der Waals surface area contributed by atoms with Crippen LogP contribution in [-0.4, -0.2) is 17.3 Å². The zero-order valence-corrected chi connectivity index (χ0v) is 11.7. The molecule has 1 saturated carbocycles. The predicted molar refractivity (Wildman–Crippen MR) is 75.5 cm³/mol. The molecular formula is C16H24FNO. The molecule has 19 heavy (non-hydrogen) atoms. The molecule has 0 heterocycles. The second-order valence-corrected chi connectivity index (χ2v) is 5.80. The Labute approximate surface area is 115 Å². The smallest absolute Gasteiger partial charge is 0.123 e. The van der Waals surface area contributed by atoms with Crippen LogP contribution in [0.25, 0.3) is 0 Å². The lowest BCUT2D eigenvalue weighted by Crippen LogP contribution is -2.41. The van der Waals surface area contributed by atoms with E-state index in [0.29, 0.717) is 6.54 Å². The Morgan fingerprint density at radius 3 is 2.58 bits per heavy atom. The van der Waals surface area contributed by atoms with Gasteiger partial charge in [0.2, 0.25) is 0 Å². The fourth-order valence-corrected chi connectivity index (χ4v) is 2.80. The van der Waals surface area contributed by atoms with Crippen molar-refractivity contribution in [1.82, 2.24) is 5.32 Å². The summed E-state index contributed by atoms with van der Waals surface area (Å²) in [7, 11) is 0. The molecule has 0 radical (unpaired) electrons. The van der Waals surface area contributed by atoms with Gasteiger partial charge in [0.1, 0.15) is 5.82 Å². The van der Waals surface area contributed by atoms with Crippen molar-refractivity contribution in [1.29, 1.82) is 0 Å². The van der Waals surface area contributed by atoms with Crippen molar-refractivity contribution in [3.63, 3.8) is 0 Å². The Balaban J connectivity index is 1.90. The largest absolute Gasteiger partial charge is 0.389 e. The van der Waals surface area contributed by atoms with E-state index in [-0.39, 0.29) is 11.9 Å². The van der Waals surface area contributed by atoms with Gasteiger partial charge >= 0.3 is 0 Å². The summed E-state index contributed by atoms with van der Waals surface area (Å²) in [6.45, 7) is 2.60. The fourth-order valence-electron chi connectivity index (χ4n) is 2.80. The van der Waals surface area contributed by atoms with E-state index in [1.165, 1.54) is 18.9 Å². The van der Waals surface area contributed by atoms with Gasteiger partial charge in [0.05, 0.1) is 5.60 Å². The number of halogens is 1. The molecule has 0 aromatic heterocycles. The molecule has 0 bridgehead atoms. The van der Waals surface area contributed by atoms with Gasteiger partial charge < -0.3 is 10.4 Å². The molecule has 0 aliphatic heterocycles. The van der Waals surface area contributed by atoms with E-state index < -0.39 is 5.60 Å². The summed E-state index contributed by atoms with van der Waals surface area (Å²) in [5, 5.41) is 13.9. The number of nitrogens with one attached hydrogen (secondary N) is 1. The molecule has 0 unspecified atom stereocenters. The molecule has 1 fully saturated rings. The monoisotopic (exact) mass is 265 g/mol. The van der Waals surface area contributed by atoms with E-state index in [4.69, 9.17) is 0 Å². The molecular weight excluding hydrogens is 241 g/mol. The maximum atomic E-state index is 13.2. The van der Waals surface area contributed by atoms with Crippen molar-refractivity contribution in [2.75, 3.05) is 6.54 Å². The van der Waals surface area contributed by atoms with Gasteiger partial charge in [0.25, 0.3) is 0 Å².